The third kappa shape index (κ3) is 13.9. The van der Waals surface area contributed by atoms with E-state index in [9.17, 15) is 5.11 Å². The summed E-state index contributed by atoms with van der Waals surface area (Å²) in [6, 6.07) is 0. The quantitative estimate of drug-likeness (QED) is 0.0930. The van der Waals surface area contributed by atoms with Crippen molar-refractivity contribution in [1.82, 2.24) is 4.90 Å². The Morgan fingerprint density at radius 3 is 1.87 bits per heavy atom. The van der Waals surface area contributed by atoms with E-state index in [4.69, 9.17) is 0 Å². The molecule has 0 rings (SSSR count). The zero-order valence-corrected chi connectivity index (χ0v) is 24.0. The predicted octanol–water partition coefficient (Wildman–Crippen LogP) is 7.36. The van der Waals surface area contributed by atoms with Gasteiger partial charge in [0.2, 0.25) is 0 Å². The molecule has 0 saturated heterocycles. The molecule has 2 nitrogen and oxygen atoms in total. The normalized spacial score (nSPS) is 13.7. The maximum atomic E-state index is 10.1. The van der Waals surface area contributed by atoms with Gasteiger partial charge in [0.25, 0.3) is 0 Å². The van der Waals surface area contributed by atoms with Gasteiger partial charge in [0.05, 0.1) is 0 Å². The van der Waals surface area contributed by atoms with E-state index in [-0.39, 0.29) is 0 Å². The van der Waals surface area contributed by atoms with Crippen molar-refractivity contribution in [3.63, 3.8) is 0 Å². The van der Waals surface area contributed by atoms with E-state index in [1.807, 2.05) is 6.08 Å². The molecule has 0 fully saturated rings. The van der Waals surface area contributed by atoms with Crippen LogP contribution in [-0.4, -0.2) is 55.1 Å². The Labute approximate surface area is 193 Å². The molecule has 0 aromatic rings. The van der Waals surface area contributed by atoms with E-state index in [1.165, 1.54) is 64.7 Å². The fraction of sp³-hybridized carbons (Fsp3) is 0.778. The molecule has 0 aromatic carbocycles. The molecule has 1 atom stereocenters. The number of nitrogens with zero attached hydrogens (tertiary/aromatic N) is 1. The molecule has 0 radical (unpaired) electrons. The summed E-state index contributed by atoms with van der Waals surface area (Å²) in [5.74, 6) is 6.22. The van der Waals surface area contributed by atoms with Crippen molar-refractivity contribution >= 4 is 18.4 Å². The Bertz CT molecular complexity index is 505. The molecule has 0 aliphatic heterocycles. The summed E-state index contributed by atoms with van der Waals surface area (Å²) in [4.78, 5) is 2.27. The molecule has 0 aliphatic carbocycles. The first-order valence-electron chi connectivity index (χ1n) is 12.7. The number of aliphatic hydroxyl groups is 1. The van der Waals surface area contributed by atoms with E-state index in [1.54, 1.807) is 3.59 Å². The van der Waals surface area contributed by atoms with Crippen LogP contribution in [0.4, 0.5) is 0 Å². The molecule has 0 saturated carbocycles. The molecule has 1 unspecified atom stereocenters. The van der Waals surface area contributed by atoms with Gasteiger partial charge in [-0.1, -0.05) is 0 Å². The third-order valence-electron chi connectivity index (χ3n) is 5.99. The third-order valence-corrected chi connectivity index (χ3v) is 21.8. The summed E-state index contributed by atoms with van der Waals surface area (Å²) >= 11 is -2.46. The van der Waals surface area contributed by atoms with Crippen LogP contribution in [0.3, 0.4) is 0 Å². The number of unbranched alkanes of at least 4 members (excludes halogenated alkanes) is 5. The topological polar surface area (TPSA) is 23.5 Å². The van der Waals surface area contributed by atoms with Crippen LogP contribution in [0.5, 0.6) is 0 Å². The van der Waals surface area contributed by atoms with E-state index < -0.39 is 24.5 Å². The van der Waals surface area contributed by atoms with Crippen LogP contribution >= 0.6 is 0 Å². The van der Waals surface area contributed by atoms with Gasteiger partial charge in [0, 0.05) is 0 Å². The van der Waals surface area contributed by atoms with Crippen molar-refractivity contribution < 1.29 is 5.11 Å². The van der Waals surface area contributed by atoms with Crippen molar-refractivity contribution in [2.24, 2.45) is 0 Å². The standard InChI is InChI=1S/C15H24NO.3C4H9.Sn/c1-4-5-9-12-15(17)13-10-7-6-8-11-14-16(2)3;3*1-3-4-2;/h6-7,11,15,17H,4-5,9,12,14H2,1-3H3;3*1,3-4H2,2H3;/b7-6+,11-8?;;;;. The first-order chi connectivity index (χ1) is 14.5. The van der Waals surface area contributed by atoms with E-state index in [0.29, 0.717) is 0 Å². The van der Waals surface area contributed by atoms with Crippen molar-refractivity contribution in [2.45, 2.75) is 111 Å². The molecule has 1 N–H and O–H groups in total. The molecule has 30 heavy (non-hydrogen) atoms. The minimum absolute atomic E-state index is 0.482. The van der Waals surface area contributed by atoms with Gasteiger partial charge in [-0.2, -0.15) is 0 Å². The molecular formula is C27H51NOSn. The van der Waals surface area contributed by atoms with Crippen molar-refractivity contribution in [1.29, 1.82) is 0 Å². The van der Waals surface area contributed by atoms with Crippen molar-refractivity contribution in [2.75, 3.05) is 20.6 Å². The number of hydrogen-bond acceptors (Lipinski definition) is 2. The number of rotatable bonds is 17. The maximum absolute atomic E-state index is 10.1. The molecule has 0 amide bonds. The van der Waals surface area contributed by atoms with Crippen LogP contribution in [0, 0.1) is 11.8 Å². The van der Waals surface area contributed by atoms with Crippen LogP contribution in [0.2, 0.25) is 13.3 Å². The van der Waals surface area contributed by atoms with Gasteiger partial charge >= 0.3 is 194 Å². The fourth-order valence-electron chi connectivity index (χ4n) is 4.03. The van der Waals surface area contributed by atoms with Crippen molar-refractivity contribution in [3.05, 3.63) is 21.8 Å². The van der Waals surface area contributed by atoms with E-state index in [0.717, 1.165) is 19.4 Å². The van der Waals surface area contributed by atoms with Crippen LogP contribution in [-0.2, 0) is 0 Å². The molecule has 174 valence electrons. The summed E-state index contributed by atoms with van der Waals surface area (Å²) < 4.78 is 6.09. The molecule has 0 bridgehead atoms. The Morgan fingerprint density at radius 2 is 1.40 bits per heavy atom. The summed E-state index contributed by atoms with van der Waals surface area (Å²) in [6.07, 6.45) is 18.7. The first kappa shape index (κ1) is 29.8. The summed E-state index contributed by atoms with van der Waals surface area (Å²) in [6.45, 7) is 10.2. The molecular weight excluding hydrogens is 473 g/mol. The summed E-state index contributed by atoms with van der Waals surface area (Å²) in [7, 11) is 4.32. The molecule has 0 spiro atoms. The zero-order valence-electron chi connectivity index (χ0n) is 21.1. The van der Waals surface area contributed by atoms with Gasteiger partial charge in [-0.15, -0.1) is 0 Å². The summed E-state index contributed by atoms with van der Waals surface area (Å²) in [5.41, 5.74) is 0. The van der Waals surface area contributed by atoms with Crippen LogP contribution in [0.1, 0.15) is 91.9 Å². The monoisotopic (exact) mass is 525 g/mol. The second kappa shape index (κ2) is 19.4. The predicted molar refractivity (Wildman–Crippen MR) is 139 cm³/mol. The Hall–Kier alpha value is -0.241. The number of hydrogen-bond donors (Lipinski definition) is 1. The van der Waals surface area contributed by atoms with Crippen LogP contribution in [0.25, 0.3) is 0 Å². The Morgan fingerprint density at radius 1 is 0.867 bits per heavy atom. The SMILES string of the molecule is CCCCCC(O)C#C/C=C/[C](=C\CN(C)C)[Sn]([CH2]CCC)([CH2]CCC)[CH2]CCC. The molecule has 0 aromatic heterocycles. The summed E-state index contributed by atoms with van der Waals surface area (Å²) in [5, 5.41) is 10.1. The average molecular weight is 524 g/mol. The zero-order chi connectivity index (χ0) is 22.7. The van der Waals surface area contributed by atoms with E-state index in [2.05, 4.69) is 70.7 Å². The molecule has 0 heterocycles. The fourth-order valence-corrected chi connectivity index (χ4v) is 20.2. The van der Waals surface area contributed by atoms with Gasteiger partial charge in [-0.3, -0.25) is 0 Å². The van der Waals surface area contributed by atoms with Gasteiger partial charge < -0.3 is 0 Å². The number of likely N-dealkylation sites (N-methyl/N-ethyl adjacent to an activating group) is 1. The number of aliphatic hydroxyl groups excluding tert-OH is 1. The van der Waals surface area contributed by atoms with Gasteiger partial charge in [-0.05, 0) is 0 Å². The first-order valence-corrected chi connectivity index (χ1v) is 20.1. The van der Waals surface area contributed by atoms with Gasteiger partial charge in [0.1, 0.15) is 0 Å². The number of allylic oxidation sites excluding steroid dienone is 3. The Kier molecular flexibility index (Phi) is 19.3. The second-order valence-electron chi connectivity index (χ2n) is 9.15. The second-order valence-corrected chi connectivity index (χ2v) is 22.4. The molecule has 0 aliphatic rings. The van der Waals surface area contributed by atoms with Gasteiger partial charge in [0.15, 0.2) is 0 Å². The van der Waals surface area contributed by atoms with Crippen LogP contribution in [0.15, 0.2) is 21.8 Å². The Balaban J connectivity index is 5.67. The average Bonchev–Trinajstić information content (AvgIpc) is 2.73. The van der Waals surface area contributed by atoms with E-state index >= 15 is 0 Å². The van der Waals surface area contributed by atoms with Crippen LogP contribution < -0.4 is 0 Å². The van der Waals surface area contributed by atoms with Crippen molar-refractivity contribution in [3.8, 4) is 11.8 Å². The minimum atomic E-state index is -2.46. The van der Waals surface area contributed by atoms with Gasteiger partial charge in [-0.25, -0.2) is 0 Å². The molecule has 3 heteroatoms.